The maximum atomic E-state index is 14.6. The van der Waals surface area contributed by atoms with Crippen molar-refractivity contribution in [1.82, 2.24) is 10.2 Å². The van der Waals surface area contributed by atoms with Crippen molar-refractivity contribution in [2.45, 2.75) is 37.2 Å². The Balaban J connectivity index is 1.59. The molecule has 5 rings (SSSR count). The Kier molecular flexibility index (Phi) is 11.3. The van der Waals surface area contributed by atoms with E-state index in [1.807, 2.05) is 37.3 Å². The van der Waals surface area contributed by atoms with Crippen LogP contribution in [0.3, 0.4) is 0 Å². The summed E-state index contributed by atoms with van der Waals surface area (Å²) in [6, 6.07) is 25.9. The minimum Gasteiger partial charge on any atom is -0.486 e. The molecule has 1 unspecified atom stereocenters. The first-order valence-electron chi connectivity index (χ1n) is 15.2. The number of carbonyl (C=O) groups is 2. The van der Waals surface area contributed by atoms with Gasteiger partial charge in [0, 0.05) is 25.6 Å². The molecule has 0 spiro atoms. The van der Waals surface area contributed by atoms with Crippen molar-refractivity contribution in [2.75, 3.05) is 30.6 Å². The minimum atomic E-state index is -4.26. The van der Waals surface area contributed by atoms with Crippen LogP contribution in [0, 0.1) is 0 Å². The summed E-state index contributed by atoms with van der Waals surface area (Å²) in [6.45, 7) is 2.36. The number of hydrogen-bond acceptors (Lipinski definition) is 6. The van der Waals surface area contributed by atoms with Crippen LogP contribution < -0.4 is 19.1 Å². The summed E-state index contributed by atoms with van der Waals surface area (Å²) in [4.78, 5) is 29.8. The topological polar surface area (TPSA) is 105 Å². The average molecular weight is 697 g/mol. The van der Waals surface area contributed by atoms with Crippen molar-refractivity contribution in [3.8, 4) is 11.5 Å². The van der Waals surface area contributed by atoms with E-state index in [0.29, 0.717) is 48.3 Å². The number of sulfonamides is 1. The maximum absolute atomic E-state index is 14.6. The van der Waals surface area contributed by atoms with Crippen LogP contribution in [0.1, 0.15) is 24.5 Å². The van der Waals surface area contributed by atoms with E-state index in [1.54, 1.807) is 54.6 Å². The fourth-order valence-corrected chi connectivity index (χ4v) is 6.94. The predicted octanol–water partition coefficient (Wildman–Crippen LogP) is 6.13. The van der Waals surface area contributed by atoms with E-state index in [2.05, 4.69) is 5.32 Å². The molecule has 0 fully saturated rings. The number of carbonyl (C=O) groups excluding carboxylic acids is 2. The second-order valence-corrected chi connectivity index (χ2v) is 13.6. The first-order chi connectivity index (χ1) is 22.7. The molecule has 0 bridgehead atoms. The summed E-state index contributed by atoms with van der Waals surface area (Å²) in [5, 5.41) is 3.56. The van der Waals surface area contributed by atoms with Crippen LogP contribution in [0.5, 0.6) is 11.5 Å². The molecule has 0 aromatic heterocycles. The highest BCUT2D eigenvalue weighted by atomic mass is 35.5. The number of nitrogens with one attached hydrogen (secondary N) is 1. The van der Waals surface area contributed by atoms with E-state index in [9.17, 15) is 18.0 Å². The fraction of sp³-hybridized carbons (Fsp3) is 0.257. The highest BCUT2D eigenvalue weighted by Crippen LogP contribution is 2.36. The normalized spacial score (nSPS) is 13.0. The Bertz CT molecular complexity index is 1810. The van der Waals surface area contributed by atoms with E-state index in [0.717, 1.165) is 9.87 Å². The van der Waals surface area contributed by atoms with Gasteiger partial charge in [-0.25, -0.2) is 8.42 Å². The zero-order valence-corrected chi connectivity index (χ0v) is 28.1. The molecule has 1 aliphatic rings. The third kappa shape index (κ3) is 8.38. The van der Waals surface area contributed by atoms with Crippen molar-refractivity contribution in [3.63, 3.8) is 0 Å². The van der Waals surface area contributed by atoms with Gasteiger partial charge in [-0.05, 0) is 53.9 Å². The average Bonchev–Trinajstić information content (AvgIpc) is 3.09. The SMILES string of the molecule is CCCNC(=O)C(Cc1ccccc1)N(Cc1ccc(Cl)c(Cl)c1)C(=O)CN(c1ccc2c(c1)OCCO2)S(=O)(=O)c1ccccc1. The lowest BCUT2D eigenvalue weighted by molar-refractivity contribution is -0.140. The smallest absolute Gasteiger partial charge is 0.264 e. The second-order valence-electron chi connectivity index (χ2n) is 10.9. The van der Waals surface area contributed by atoms with Crippen LogP contribution in [0.2, 0.25) is 10.0 Å². The number of hydrogen-bond donors (Lipinski definition) is 1. The van der Waals surface area contributed by atoms with Gasteiger partial charge in [-0.15, -0.1) is 0 Å². The number of rotatable bonds is 13. The van der Waals surface area contributed by atoms with Gasteiger partial charge in [-0.3, -0.25) is 13.9 Å². The molecule has 0 saturated carbocycles. The van der Waals surface area contributed by atoms with Crippen LogP contribution in [0.4, 0.5) is 5.69 Å². The standard InChI is InChI=1S/C35H35Cl2N3O6S/c1-2-17-38-35(42)31(21-25-9-5-3-6-10-25)39(23-26-13-15-29(36)30(37)20-26)34(41)24-40(47(43,44)28-11-7-4-8-12-28)27-14-16-32-33(22-27)46-19-18-45-32/h3-16,20,22,31H,2,17-19,21,23-24H2,1H3,(H,38,42). The van der Waals surface area contributed by atoms with Gasteiger partial charge in [-0.1, -0.05) is 84.7 Å². The first-order valence-corrected chi connectivity index (χ1v) is 17.4. The lowest BCUT2D eigenvalue weighted by Crippen LogP contribution is -2.53. The molecule has 1 aliphatic heterocycles. The second kappa shape index (κ2) is 15.6. The zero-order valence-electron chi connectivity index (χ0n) is 25.8. The van der Waals surface area contributed by atoms with E-state index >= 15 is 0 Å². The molecule has 47 heavy (non-hydrogen) atoms. The summed E-state index contributed by atoms with van der Waals surface area (Å²) in [5.41, 5.74) is 1.65. The largest absolute Gasteiger partial charge is 0.486 e. The lowest BCUT2D eigenvalue weighted by atomic mass is 10.0. The molecule has 12 heteroatoms. The quantitative estimate of drug-likeness (QED) is 0.181. The molecule has 2 amide bonds. The van der Waals surface area contributed by atoms with Gasteiger partial charge in [0.2, 0.25) is 11.8 Å². The van der Waals surface area contributed by atoms with Gasteiger partial charge in [0.15, 0.2) is 11.5 Å². The monoisotopic (exact) mass is 695 g/mol. The number of ether oxygens (including phenoxy) is 2. The minimum absolute atomic E-state index is 0.000228. The fourth-order valence-electron chi connectivity index (χ4n) is 5.19. The van der Waals surface area contributed by atoms with Crippen LogP contribution >= 0.6 is 23.2 Å². The van der Waals surface area contributed by atoms with Gasteiger partial charge in [0.25, 0.3) is 10.0 Å². The molecule has 4 aromatic rings. The maximum Gasteiger partial charge on any atom is 0.264 e. The Labute approximate surface area is 285 Å². The van der Waals surface area contributed by atoms with E-state index in [-0.39, 0.29) is 34.5 Å². The molecule has 9 nitrogen and oxygen atoms in total. The Morgan fingerprint density at radius 3 is 2.19 bits per heavy atom. The highest BCUT2D eigenvalue weighted by Gasteiger charge is 2.35. The Morgan fingerprint density at radius 2 is 1.51 bits per heavy atom. The third-order valence-corrected chi connectivity index (χ3v) is 10.1. The molecule has 246 valence electrons. The summed E-state index contributed by atoms with van der Waals surface area (Å²) in [7, 11) is -4.26. The number of benzene rings is 4. The summed E-state index contributed by atoms with van der Waals surface area (Å²) >= 11 is 12.5. The predicted molar refractivity (Wildman–Crippen MR) is 183 cm³/mol. The summed E-state index contributed by atoms with van der Waals surface area (Å²) < 4.78 is 40.8. The number of halogens is 2. The molecule has 1 atom stereocenters. The molecule has 0 saturated heterocycles. The highest BCUT2D eigenvalue weighted by molar-refractivity contribution is 7.92. The lowest BCUT2D eigenvalue weighted by Gasteiger charge is -2.34. The van der Waals surface area contributed by atoms with Gasteiger partial charge in [0.05, 0.1) is 20.6 Å². The van der Waals surface area contributed by atoms with Gasteiger partial charge >= 0.3 is 0 Å². The molecule has 1 N–H and O–H groups in total. The number of fused-ring (bicyclic) bond motifs is 1. The van der Waals surface area contributed by atoms with Gasteiger partial charge in [0.1, 0.15) is 25.8 Å². The van der Waals surface area contributed by atoms with Gasteiger partial charge in [-0.2, -0.15) is 0 Å². The molecule has 0 aliphatic carbocycles. The molecule has 0 radical (unpaired) electrons. The number of amides is 2. The van der Waals surface area contributed by atoms with Crippen molar-refractivity contribution in [1.29, 1.82) is 0 Å². The summed E-state index contributed by atoms with van der Waals surface area (Å²) in [6.07, 6.45) is 0.886. The van der Waals surface area contributed by atoms with Crippen LogP contribution in [0.15, 0.2) is 102 Å². The van der Waals surface area contributed by atoms with Crippen molar-refractivity contribution in [3.05, 3.63) is 118 Å². The van der Waals surface area contributed by atoms with Crippen molar-refractivity contribution >= 4 is 50.7 Å². The third-order valence-electron chi connectivity index (χ3n) is 7.58. The number of nitrogens with zero attached hydrogens (tertiary/aromatic N) is 2. The van der Waals surface area contributed by atoms with Crippen molar-refractivity contribution < 1.29 is 27.5 Å². The van der Waals surface area contributed by atoms with Crippen LogP contribution in [0.25, 0.3) is 0 Å². The Morgan fingerprint density at radius 1 is 0.830 bits per heavy atom. The first kappa shape index (κ1) is 34.1. The van der Waals surface area contributed by atoms with Gasteiger partial charge < -0.3 is 19.7 Å². The molecule has 1 heterocycles. The number of anilines is 1. The van der Waals surface area contributed by atoms with E-state index in [1.165, 1.54) is 17.0 Å². The van der Waals surface area contributed by atoms with Crippen molar-refractivity contribution in [2.24, 2.45) is 0 Å². The van der Waals surface area contributed by atoms with E-state index < -0.39 is 28.5 Å². The van der Waals surface area contributed by atoms with Crippen LogP contribution in [-0.2, 0) is 32.6 Å². The molecule has 4 aromatic carbocycles. The molecular formula is C35H35Cl2N3O6S. The van der Waals surface area contributed by atoms with Crippen LogP contribution in [-0.4, -0.2) is 57.5 Å². The Hall–Kier alpha value is -4.25. The summed E-state index contributed by atoms with van der Waals surface area (Å²) in [5.74, 6) is -0.123. The van der Waals surface area contributed by atoms with E-state index in [4.69, 9.17) is 32.7 Å². The zero-order chi connectivity index (χ0) is 33.4. The molecular weight excluding hydrogens is 661 g/mol.